The standard InChI is InChI=1S/C15H18N4O4/c16-12(5-9-1-3-11(20)4-2-9)14(21)19-13(15(22)23)6-10-7-17-8-18-10/h1-4,7-8,12-13,20H,5-6,16H2,(H,17,18)(H,19,21)(H,22,23)/t12-,13-/m1/s1. The van der Waals surface area contributed by atoms with Crippen LogP contribution in [0.1, 0.15) is 11.3 Å². The van der Waals surface area contributed by atoms with E-state index in [1.54, 1.807) is 18.3 Å². The number of H-pyrrole nitrogens is 1. The molecule has 1 aromatic carbocycles. The van der Waals surface area contributed by atoms with Gasteiger partial charge >= 0.3 is 5.97 Å². The molecule has 2 atom stereocenters. The lowest BCUT2D eigenvalue weighted by atomic mass is 10.0. The molecule has 0 spiro atoms. The quantitative estimate of drug-likeness (QED) is 0.478. The van der Waals surface area contributed by atoms with Crippen molar-refractivity contribution in [3.05, 3.63) is 48.0 Å². The number of carbonyl (C=O) groups is 2. The molecule has 0 unspecified atom stereocenters. The summed E-state index contributed by atoms with van der Waals surface area (Å²) in [6, 6.07) is 4.31. The zero-order valence-electron chi connectivity index (χ0n) is 12.3. The number of carboxylic acids is 1. The number of rotatable bonds is 7. The van der Waals surface area contributed by atoms with Gasteiger partial charge in [0, 0.05) is 12.6 Å². The predicted octanol–water partition coefficient (Wildman–Crippen LogP) is -0.203. The maximum atomic E-state index is 12.1. The molecule has 2 rings (SSSR count). The summed E-state index contributed by atoms with van der Waals surface area (Å²) < 4.78 is 0. The van der Waals surface area contributed by atoms with Crippen LogP contribution in [0, 0.1) is 0 Å². The van der Waals surface area contributed by atoms with E-state index in [4.69, 9.17) is 5.73 Å². The topological polar surface area (TPSA) is 141 Å². The van der Waals surface area contributed by atoms with E-state index in [-0.39, 0.29) is 18.6 Å². The number of aliphatic carboxylic acids is 1. The van der Waals surface area contributed by atoms with E-state index in [1.165, 1.54) is 18.5 Å². The molecule has 122 valence electrons. The average Bonchev–Trinajstić information content (AvgIpc) is 3.01. The number of benzene rings is 1. The molecule has 8 nitrogen and oxygen atoms in total. The molecule has 0 saturated heterocycles. The van der Waals surface area contributed by atoms with Crippen molar-refractivity contribution < 1.29 is 19.8 Å². The number of nitrogens with zero attached hydrogens (tertiary/aromatic N) is 1. The van der Waals surface area contributed by atoms with Gasteiger partial charge in [-0.15, -0.1) is 0 Å². The molecule has 0 aliphatic heterocycles. The van der Waals surface area contributed by atoms with Crippen molar-refractivity contribution in [2.75, 3.05) is 0 Å². The van der Waals surface area contributed by atoms with Gasteiger partial charge in [-0.2, -0.15) is 0 Å². The Labute approximate surface area is 132 Å². The van der Waals surface area contributed by atoms with Gasteiger partial charge in [0.2, 0.25) is 5.91 Å². The number of aromatic amines is 1. The highest BCUT2D eigenvalue weighted by atomic mass is 16.4. The molecule has 0 aliphatic carbocycles. The summed E-state index contributed by atoms with van der Waals surface area (Å²) in [5.74, 6) is -1.59. The van der Waals surface area contributed by atoms with E-state index < -0.39 is 24.0 Å². The van der Waals surface area contributed by atoms with Crippen molar-refractivity contribution in [1.82, 2.24) is 15.3 Å². The van der Waals surface area contributed by atoms with Gasteiger partial charge in [0.1, 0.15) is 11.8 Å². The molecule has 0 radical (unpaired) electrons. The van der Waals surface area contributed by atoms with Gasteiger partial charge in [-0.25, -0.2) is 9.78 Å². The molecule has 0 fully saturated rings. The minimum absolute atomic E-state index is 0.0660. The third-order valence-electron chi connectivity index (χ3n) is 3.31. The first-order valence-corrected chi connectivity index (χ1v) is 7.00. The molecule has 2 aromatic rings. The summed E-state index contributed by atoms with van der Waals surface area (Å²) in [5.41, 5.74) is 7.12. The molecular weight excluding hydrogens is 300 g/mol. The van der Waals surface area contributed by atoms with Gasteiger partial charge in [0.05, 0.1) is 18.1 Å². The lowest BCUT2D eigenvalue weighted by Crippen LogP contribution is -2.50. The summed E-state index contributed by atoms with van der Waals surface area (Å²) in [6.07, 6.45) is 3.31. The number of hydrogen-bond donors (Lipinski definition) is 5. The maximum Gasteiger partial charge on any atom is 0.326 e. The van der Waals surface area contributed by atoms with Gasteiger partial charge in [-0.1, -0.05) is 12.1 Å². The van der Waals surface area contributed by atoms with Crippen LogP contribution in [0.2, 0.25) is 0 Å². The van der Waals surface area contributed by atoms with Crippen LogP contribution in [0.25, 0.3) is 0 Å². The first kappa shape index (κ1) is 16.5. The van der Waals surface area contributed by atoms with Gasteiger partial charge < -0.3 is 26.2 Å². The van der Waals surface area contributed by atoms with Crippen molar-refractivity contribution in [3.63, 3.8) is 0 Å². The van der Waals surface area contributed by atoms with Crippen LogP contribution in [-0.4, -0.2) is 44.1 Å². The highest BCUT2D eigenvalue weighted by molar-refractivity contribution is 5.87. The van der Waals surface area contributed by atoms with Gasteiger partial charge in [-0.3, -0.25) is 4.79 Å². The summed E-state index contributed by atoms with van der Waals surface area (Å²) in [5, 5.41) is 20.8. The van der Waals surface area contributed by atoms with Crippen LogP contribution in [0.3, 0.4) is 0 Å². The van der Waals surface area contributed by atoms with E-state index in [0.29, 0.717) is 5.69 Å². The Morgan fingerprint density at radius 1 is 1.26 bits per heavy atom. The number of nitrogens with one attached hydrogen (secondary N) is 2. The third-order valence-corrected chi connectivity index (χ3v) is 3.31. The van der Waals surface area contributed by atoms with E-state index in [0.717, 1.165) is 5.56 Å². The van der Waals surface area contributed by atoms with Crippen LogP contribution in [-0.2, 0) is 22.4 Å². The van der Waals surface area contributed by atoms with Crippen LogP contribution in [0.15, 0.2) is 36.8 Å². The Kier molecular flexibility index (Phi) is 5.32. The first-order chi connectivity index (χ1) is 11.0. The molecule has 0 aliphatic rings. The lowest BCUT2D eigenvalue weighted by Gasteiger charge is -2.17. The fourth-order valence-corrected chi connectivity index (χ4v) is 2.07. The molecule has 1 amide bonds. The number of phenolic OH excluding ortho intramolecular Hbond substituents is 1. The first-order valence-electron chi connectivity index (χ1n) is 7.00. The SMILES string of the molecule is N[C@H](Cc1ccc(O)cc1)C(=O)N[C@H](Cc1c[nH]cn1)C(=O)O. The second-order valence-corrected chi connectivity index (χ2v) is 5.14. The Balaban J connectivity index is 1.94. The normalized spacial score (nSPS) is 13.3. The second-order valence-electron chi connectivity index (χ2n) is 5.14. The second kappa shape index (κ2) is 7.41. The Hall–Kier alpha value is -2.87. The molecule has 0 saturated carbocycles. The fraction of sp³-hybridized carbons (Fsp3) is 0.267. The highest BCUT2D eigenvalue weighted by Crippen LogP contribution is 2.11. The predicted molar refractivity (Wildman–Crippen MR) is 81.6 cm³/mol. The van der Waals surface area contributed by atoms with Gasteiger partial charge in [0.25, 0.3) is 0 Å². The Morgan fingerprint density at radius 2 is 1.96 bits per heavy atom. The fourth-order valence-electron chi connectivity index (χ4n) is 2.07. The van der Waals surface area contributed by atoms with Crippen molar-refractivity contribution in [2.24, 2.45) is 5.73 Å². The number of imidazole rings is 1. The van der Waals surface area contributed by atoms with Crippen molar-refractivity contribution >= 4 is 11.9 Å². The Morgan fingerprint density at radius 3 is 2.52 bits per heavy atom. The van der Waals surface area contributed by atoms with Crippen LogP contribution < -0.4 is 11.1 Å². The molecule has 6 N–H and O–H groups in total. The highest BCUT2D eigenvalue weighted by Gasteiger charge is 2.24. The zero-order valence-corrected chi connectivity index (χ0v) is 12.3. The summed E-state index contributed by atoms with van der Waals surface area (Å²) in [7, 11) is 0. The molecule has 1 aromatic heterocycles. The van der Waals surface area contributed by atoms with Crippen LogP contribution >= 0.6 is 0 Å². The lowest BCUT2D eigenvalue weighted by molar-refractivity contribution is -0.142. The van der Waals surface area contributed by atoms with E-state index in [1.807, 2.05) is 0 Å². The minimum atomic E-state index is -1.15. The number of phenols is 1. The van der Waals surface area contributed by atoms with E-state index in [9.17, 15) is 19.8 Å². The molecular formula is C15H18N4O4. The van der Waals surface area contributed by atoms with Crippen molar-refractivity contribution in [2.45, 2.75) is 24.9 Å². The largest absolute Gasteiger partial charge is 0.508 e. The number of aromatic nitrogens is 2. The van der Waals surface area contributed by atoms with Gasteiger partial charge in [0.15, 0.2) is 0 Å². The molecule has 0 bridgehead atoms. The summed E-state index contributed by atoms with van der Waals surface area (Å²) in [6.45, 7) is 0. The molecule has 1 heterocycles. The number of carbonyl (C=O) groups excluding carboxylic acids is 1. The van der Waals surface area contributed by atoms with Crippen LogP contribution in [0.4, 0.5) is 0 Å². The zero-order chi connectivity index (χ0) is 16.8. The Bertz CT molecular complexity index is 655. The molecule has 23 heavy (non-hydrogen) atoms. The van der Waals surface area contributed by atoms with Crippen LogP contribution in [0.5, 0.6) is 5.75 Å². The summed E-state index contributed by atoms with van der Waals surface area (Å²) >= 11 is 0. The number of hydrogen-bond acceptors (Lipinski definition) is 5. The van der Waals surface area contributed by atoms with E-state index in [2.05, 4.69) is 15.3 Å². The number of aromatic hydroxyl groups is 1. The average molecular weight is 318 g/mol. The maximum absolute atomic E-state index is 12.1. The number of carboxylic acid groups (broad SMARTS) is 1. The number of amides is 1. The third kappa shape index (κ3) is 4.82. The van der Waals surface area contributed by atoms with Crippen molar-refractivity contribution in [3.8, 4) is 5.75 Å². The van der Waals surface area contributed by atoms with Gasteiger partial charge in [-0.05, 0) is 24.1 Å². The minimum Gasteiger partial charge on any atom is -0.508 e. The molecule has 8 heteroatoms. The summed E-state index contributed by atoms with van der Waals surface area (Å²) in [4.78, 5) is 30.0. The number of nitrogens with two attached hydrogens (primary N) is 1. The smallest absolute Gasteiger partial charge is 0.326 e. The van der Waals surface area contributed by atoms with E-state index >= 15 is 0 Å². The monoisotopic (exact) mass is 318 g/mol. The van der Waals surface area contributed by atoms with Crippen molar-refractivity contribution in [1.29, 1.82) is 0 Å².